The van der Waals surface area contributed by atoms with E-state index in [9.17, 15) is 0 Å². The monoisotopic (exact) mass is 304 g/mol. The maximum absolute atomic E-state index is 6.21. The molecular formula is C15H17ClN4O. The van der Waals surface area contributed by atoms with E-state index in [-0.39, 0.29) is 6.10 Å². The fourth-order valence-corrected chi connectivity index (χ4v) is 2.67. The van der Waals surface area contributed by atoms with Gasteiger partial charge in [0, 0.05) is 25.1 Å². The molecule has 0 aliphatic carbocycles. The molecule has 1 saturated heterocycles. The van der Waals surface area contributed by atoms with Crippen LogP contribution in [0.5, 0.6) is 6.01 Å². The standard InChI is InChI=1S/C15H17ClN4O/c1-11-8-18-15(19-9-11)21-12-4-3-7-20(10-12)14-13(16)5-2-6-17-14/h2,5-6,8-9,12H,3-4,7,10H2,1H3. The predicted octanol–water partition coefficient (Wildman–Crippen LogP) is 2.88. The van der Waals surface area contributed by atoms with Crippen LogP contribution in [0.15, 0.2) is 30.7 Å². The minimum absolute atomic E-state index is 0.0551. The minimum atomic E-state index is 0.0551. The second kappa shape index (κ2) is 6.26. The van der Waals surface area contributed by atoms with Crippen molar-refractivity contribution in [1.82, 2.24) is 15.0 Å². The average molecular weight is 305 g/mol. The Hall–Kier alpha value is -1.88. The van der Waals surface area contributed by atoms with E-state index in [0.29, 0.717) is 11.0 Å². The van der Waals surface area contributed by atoms with Gasteiger partial charge in [-0.25, -0.2) is 15.0 Å². The van der Waals surface area contributed by atoms with E-state index in [2.05, 4.69) is 19.9 Å². The Balaban J connectivity index is 1.68. The molecular weight excluding hydrogens is 288 g/mol. The van der Waals surface area contributed by atoms with E-state index >= 15 is 0 Å². The molecule has 1 unspecified atom stereocenters. The number of rotatable bonds is 3. The zero-order chi connectivity index (χ0) is 14.7. The lowest BCUT2D eigenvalue weighted by Gasteiger charge is -2.33. The highest BCUT2D eigenvalue weighted by Crippen LogP contribution is 2.26. The van der Waals surface area contributed by atoms with Gasteiger partial charge >= 0.3 is 6.01 Å². The van der Waals surface area contributed by atoms with Gasteiger partial charge < -0.3 is 9.64 Å². The van der Waals surface area contributed by atoms with Gasteiger partial charge in [-0.2, -0.15) is 0 Å². The SMILES string of the molecule is Cc1cnc(OC2CCCN(c3ncccc3Cl)C2)nc1. The van der Waals surface area contributed by atoms with Crippen LogP contribution in [-0.2, 0) is 0 Å². The summed E-state index contributed by atoms with van der Waals surface area (Å²) < 4.78 is 5.87. The van der Waals surface area contributed by atoms with Crippen LogP contribution in [0.25, 0.3) is 0 Å². The molecule has 0 amide bonds. The molecule has 6 heteroatoms. The van der Waals surface area contributed by atoms with Crippen LogP contribution >= 0.6 is 11.6 Å². The molecule has 0 aromatic carbocycles. The summed E-state index contributed by atoms with van der Waals surface area (Å²) in [6.07, 6.45) is 7.35. The predicted molar refractivity (Wildman–Crippen MR) is 81.9 cm³/mol. The highest BCUT2D eigenvalue weighted by Gasteiger charge is 2.24. The molecule has 1 aliphatic heterocycles. The fourth-order valence-electron chi connectivity index (χ4n) is 2.43. The highest BCUT2D eigenvalue weighted by molar-refractivity contribution is 6.32. The summed E-state index contributed by atoms with van der Waals surface area (Å²) in [5.74, 6) is 0.817. The molecule has 5 nitrogen and oxygen atoms in total. The van der Waals surface area contributed by atoms with Crippen molar-refractivity contribution in [2.45, 2.75) is 25.9 Å². The fraction of sp³-hybridized carbons (Fsp3) is 0.400. The molecule has 0 bridgehead atoms. The summed E-state index contributed by atoms with van der Waals surface area (Å²) in [7, 11) is 0. The smallest absolute Gasteiger partial charge is 0.316 e. The number of aryl methyl sites for hydroxylation is 1. The van der Waals surface area contributed by atoms with Gasteiger partial charge in [0.1, 0.15) is 11.9 Å². The van der Waals surface area contributed by atoms with Crippen molar-refractivity contribution >= 4 is 17.4 Å². The molecule has 110 valence electrons. The van der Waals surface area contributed by atoms with Crippen molar-refractivity contribution in [3.63, 3.8) is 0 Å². The molecule has 3 heterocycles. The van der Waals surface area contributed by atoms with Crippen molar-refractivity contribution in [2.24, 2.45) is 0 Å². The van der Waals surface area contributed by atoms with Crippen LogP contribution in [-0.4, -0.2) is 34.1 Å². The zero-order valence-electron chi connectivity index (χ0n) is 11.9. The van der Waals surface area contributed by atoms with Crippen LogP contribution in [0.1, 0.15) is 18.4 Å². The Morgan fingerprint density at radius 1 is 1.29 bits per heavy atom. The van der Waals surface area contributed by atoms with E-state index in [1.807, 2.05) is 19.1 Å². The topological polar surface area (TPSA) is 51.1 Å². The van der Waals surface area contributed by atoms with Crippen LogP contribution in [0, 0.1) is 6.92 Å². The van der Waals surface area contributed by atoms with Gasteiger partial charge in [-0.3, -0.25) is 0 Å². The van der Waals surface area contributed by atoms with E-state index in [4.69, 9.17) is 16.3 Å². The molecule has 21 heavy (non-hydrogen) atoms. The van der Waals surface area contributed by atoms with Gasteiger partial charge in [0.25, 0.3) is 0 Å². The van der Waals surface area contributed by atoms with Gasteiger partial charge in [-0.15, -0.1) is 0 Å². The van der Waals surface area contributed by atoms with Crippen LogP contribution < -0.4 is 9.64 Å². The van der Waals surface area contributed by atoms with Crippen molar-refractivity contribution in [1.29, 1.82) is 0 Å². The Bertz CT molecular complexity index is 605. The summed E-state index contributed by atoms with van der Waals surface area (Å²) in [6, 6.07) is 4.13. The van der Waals surface area contributed by atoms with Gasteiger partial charge in [-0.1, -0.05) is 11.6 Å². The summed E-state index contributed by atoms with van der Waals surface area (Å²) >= 11 is 6.21. The van der Waals surface area contributed by atoms with E-state index in [0.717, 1.165) is 37.3 Å². The molecule has 2 aromatic heterocycles. The second-order valence-electron chi connectivity index (χ2n) is 5.18. The van der Waals surface area contributed by atoms with Gasteiger partial charge in [0.05, 0.1) is 11.6 Å². The maximum Gasteiger partial charge on any atom is 0.316 e. The number of anilines is 1. The van der Waals surface area contributed by atoms with Gasteiger partial charge in [-0.05, 0) is 37.5 Å². The Labute approximate surface area is 129 Å². The number of halogens is 1. The van der Waals surface area contributed by atoms with Crippen molar-refractivity contribution in [3.8, 4) is 6.01 Å². The number of ether oxygens (including phenoxy) is 1. The van der Waals surface area contributed by atoms with Crippen molar-refractivity contribution in [3.05, 3.63) is 41.3 Å². The van der Waals surface area contributed by atoms with Crippen LogP contribution in [0.2, 0.25) is 5.02 Å². The summed E-state index contributed by atoms with van der Waals surface area (Å²) in [6.45, 7) is 3.63. The van der Waals surface area contributed by atoms with Crippen LogP contribution in [0.4, 0.5) is 5.82 Å². The second-order valence-corrected chi connectivity index (χ2v) is 5.59. The molecule has 0 saturated carbocycles. The number of hydrogen-bond acceptors (Lipinski definition) is 5. The molecule has 0 N–H and O–H groups in total. The number of piperidine rings is 1. The van der Waals surface area contributed by atoms with E-state index in [1.54, 1.807) is 18.6 Å². The number of aromatic nitrogens is 3. The first-order valence-corrected chi connectivity index (χ1v) is 7.41. The zero-order valence-corrected chi connectivity index (χ0v) is 12.6. The number of pyridine rings is 1. The van der Waals surface area contributed by atoms with Gasteiger partial charge in [0.2, 0.25) is 0 Å². The first-order valence-electron chi connectivity index (χ1n) is 7.03. The molecule has 1 atom stereocenters. The number of hydrogen-bond donors (Lipinski definition) is 0. The first-order chi connectivity index (χ1) is 10.2. The molecule has 1 aliphatic rings. The average Bonchev–Trinajstić information content (AvgIpc) is 2.50. The quantitative estimate of drug-likeness (QED) is 0.872. The van der Waals surface area contributed by atoms with Gasteiger partial charge in [0.15, 0.2) is 0 Å². The Morgan fingerprint density at radius 2 is 2.10 bits per heavy atom. The third-order valence-corrected chi connectivity index (χ3v) is 3.74. The molecule has 2 aromatic rings. The summed E-state index contributed by atoms with van der Waals surface area (Å²) in [5.41, 5.74) is 1.02. The Morgan fingerprint density at radius 3 is 2.86 bits per heavy atom. The first kappa shape index (κ1) is 14.1. The highest BCUT2D eigenvalue weighted by atomic mass is 35.5. The minimum Gasteiger partial charge on any atom is -0.458 e. The lowest BCUT2D eigenvalue weighted by atomic mass is 10.1. The molecule has 1 fully saturated rings. The molecule has 0 radical (unpaired) electrons. The summed E-state index contributed by atoms with van der Waals surface area (Å²) in [4.78, 5) is 14.9. The normalized spacial score (nSPS) is 18.6. The third kappa shape index (κ3) is 3.42. The maximum atomic E-state index is 6.21. The largest absolute Gasteiger partial charge is 0.458 e. The van der Waals surface area contributed by atoms with Crippen molar-refractivity contribution in [2.75, 3.05) is 18.0 Å². The summed E-state index contributed by atoms with van der Waals surface area (Å²) in [5, 5.41) is 0.671. The molecule has 3 rings (SSSR count). The van der Waals surface area contributed by atoms with Crippen molar-refractivity contribution < 1.29 is 4.74 Å². The van der Waals surface area contributed by atoms with E-state index in [1.165, 1.54) is 0 Å². The number of nitrogens with zero attached hydrogens (tertiary/aromatic N) is 4. The van der Waals surface area contributed by atoms with Crippen LogP contribution in [0.3, 0.4) is 0 Å². The van der Waals surface area contributed by atoms with E-state index < -0.39 is 0 Å². The Kier molecular flexibility index (Phi) is 4.20. The lowest BCUT2D eigenvalue weighted by Crippen LogP contribution is -2.42. The lowest BCUT2D eigenvalue weighted by molar-refractivity contribution is 0.164. The third-order valence-electron chi connectivity index (χ3n) is 3.45. The molecule has 0 spiro atoms.